The van der Waals surface area contributed by atoms with Crippen molar-refractivity contribution in [2.45, 2.75) is 6.18 Å². The minimum atomic E-state index is -4.34. The summed E-state index contributed by atoms with van der Waals surface area (Å²) in [6.07, 6.45) is -0.815. The number of benzene rings is 1. The minimum absolute atomic E-state index is 0.402. The average Bonchev–Trinajstić information content (AvgIpc) is 2.68. The monoisotopic (exact) mass is 240 g/mol. The van der Waals surface area contributed by atoms with Crippen molar-refractivity contribution in [2.75, 3.05) is 6.54 Å². The van der Waals surface area contributed by atoms with E-state index in [2.05, 4.69) is 4.98 Å². The second-order valence-corrected chi connectivity index (χ2v) is 3.67. The average molecular weight is 240 g/mol. The first kappa shape index (κ1) is 11.7. The molecule has 0 unspecified atom stereocenters. The van der Waals surface area contributed by atoms with Crippen molar-refractivity contribution in [1.29, 1.82) is 0 Å². The first-order valence-corrected chi connectivity index (χ1v) is 5.07. The van der Waals surface area contributed by atoms with E-state index in [1.54, 1.807) is 30.4 Å². The smallest absolute Gasteiger partial charge is 0.351 e. The zero-order valence-corrected chi connectivity index (χ0v) is 8.88. The number of hydrogen-bond donors (Lipinski definition) is 2. The molecular weight excluding hydrogens is 229 g/mol. The first-order valence-electron chi connectivity index (χ1n) is 5.07. The third kappa shape index (κ3) is 2.50. The molecule has 0 aliphatic heterocycles. The van der Waals surface area contributed by atoms with E-state index >= 15 is 0 Å². The quantitative estimate of drug-likeness (QED) is 0.831. The zero-order chi connectivity index (χ0) is 12.5. The van der Waals surface area contributed by atoms with Gasteiger partial charge < -0.3 is 10.7 Å². The Morgan fingerprint density at radius 3 is 2.65 bits per heavy atom. The normalized spacial score (nSPS) is 12.7. The highest BCUT2D eigenvalue weighted by Gasteiger charge is 2.32. The lowest BCUT2D eigenvalue weighted by Gasteiger charge is -2.00. The van der Waals surface area contributed by atoms with E-state index in [-0.39, 0.29) is 0 Å². The molecule has 5 heteroatoms. The van der Waals surface area contributed by atoms with Crippen molar-refractivity contribution in [3.63, 3.8) is 0 Å². The van der Waals surface area contributed by atoms with Gasteiger partial charge in [-0.25, -0.2) is 0 Å². The van der Waals surface area contributed by atoms with Gasteiger partial charge in [0.15, 0.2) is 0 Å². The molecule has 0 aliphatic carbocycles. The Bertz CT molecular complexity index is 552. The van der Waals surface area contributed by atoms with E-state index < -0.39 is 11.9 Å². The van der Waals surface area contributed by atoms with Gasteiger partial charge in [0.05, 0.1) is 0 Å². The molecule has 1 heterocycles. The Balaban J connectivity index is 2.44. The van der Waals surface area contributed by atoms with Gasteiger partial charge >= 0.3 is 6.18 Å². The van der Waals surface area contributed by atoms with Crippen LogP contribution in [0.3, 0.4) is 0 Å². The summed E-state index contributed by atoms with van der Waals surface area (Å²) in [6.45, 7) is 0.402. The molecule has 0 saturated heterocycles. The highest BCUT2D eigenvalue weighted by Crippen LogP contribution is 2.31. The van der Waals surface area contributed by atoms with E-state index in [1.165, 1.54) is 0 Å². The summed E-state index contributed by atoms with van der Waals surface area (Å²) in [5.41, 5.74) is 5.88. The summed E-state index contributed by atoms with van der Waals surface area (Å²) in [4.78, 5) is 2.35. The summed E-state index contributed by atoms with van der Waals surface area (Å²) >= 11 is 0. The van der Waals surface area contributed by atoms with E-state index in [1.807, 2.05) is 0 Å². The molecular formula is C12H11F3N2. The molecule has 2 nitrogen and oxygen atoms in total. The maximum atomic E-state index is 12.5. The second-order valence-electron chi connectivity index (χ2n) is 3.67. The Hall–Kier alpha value is -1.75. The van der Waals surface area contributed by atoms with Crippen molar-refractivity contribution in [2.24, 2.45) is 5.73 Å². The number of aromatic amines is 1. The SMILES string of the molecule is NC/C=C/c1ccc2[nH]c(C(F)(F)F)cc2c1. The lowest BCUT2D eigenvalue weighted by Crippen LogP contribution is -2.04. The highest BCUT2D eigenvalue weighted by atomic mass is 19.4. The lowest BCUT2D eigenvalue weighted by molar-refractivity contribution is -0.140. The molecule has 1 aromatic carbocycles. The summed E-state index contributed by atoms with van der Waals surface area (Å²) in [5, 5.41) is 0.538. The van der Waals surface area contributed by atoms with Gasteiger partial charge in [-0.3, -0.25) is 0 Å². The van der Waals surface area contributed by atoms with Crippen molar-refractivity contribution < 1.29 is 13.2 Å². The van der Waals surface area contributed by atoms with E-state index in [9.17, 15) is 13.2 Å². The van der Waals surface area contributed by atoms with E-state index in [0.717, 1.165) is 11.6 Å². The molecule has 3 N–H and O–H groups in total. The molecule has 17 heavy (non-hydrogen) atoms. The third-order valence-corrected chi connectivity index (χ3v) is 2.40. The number of rotatable bonds is 2. The maximum Gasteiger partial charge on any atom is 0.431 e. The standard InChI is InChI=1S/C12H11F3N2/c13-12(14,15)11-7-9-6-8(2-1-5-16)3-4-10(9)17-11/h1-4,6-7,17H,5,16H2/b2-1+. The Kier molecular flexibility index (Phi) is 2.93. The largest absolute Gasteiger partial charge is 0.431 e. The molecule has 0 spiro atoms. The second kappa shape index (κ2) is 4.25. The van der Waals surface area contributed by atoms with Gasteiger partial charge in [-0.05, 0) is 23.8 Å². The van der Waals surface area contributed by atoms with Crippen LogP contribution in [0.15, 0.2) is 30.3 Å². The predicted octanol–water partition coefficient (Wildman–Crippen LogP) is 3.16. The maximum absolute atomic E-state index is 12.5. The van der Waals surface area contributed by atoms with Gasteiger partial charge in [0.2, 0.25) is 0 Å². The fourth-order valence-electron chi connectivity index (χ4n) is 1.61. The topological polar surface area (TPSA) is 41.8 Å². The summed E-state index contributed by atoms with van der Waals surface area (Å²) in [6, 6.07) is 6.16. The molecule has 0 aliphatic rings. The van der Waals surface area contributed by atoms with Crippen molar-refractivity contribution >= 4 is 17.0 Å². The fraction of sp³-hybridized carbons (Fsp3) is 0.167. The first-order chi connectivity index (χ1) is 8.00. The molecule has 2 rings (SSSR count). The third-order valence-electron chi connectivity index (χ3n) is 2.40. The van der Waals surface area contributed by atoms with Crippen LogP contribution in [0.4, 0.5) is 13.2 Å². The van der Waals surface area contributed by atoms with Crippen molar-refractivity contribution in [1.82, 2.24) is 4.98 Å². The van der Waals surface area contributed by atoms with Gasteiger partial charge in [0.1, 0.15) is 5.69 Å². The molecule has 2 aromatic rings. The highest BCUT2D eigenvalue weighted by molar-refractivity contribution is 5.83. The number of nitrogens with one attached hydrogen (secondary N) is 1. The van der Waals surface area contributed by atoms with Crippen LogP contribution in [0.2, 0.25) is 0 Å². The minimum Gasteiger partial charge on any atom is -0.351 e. The van der Waals surface area contributed by atoms with E-state index in [4.69, 9.17) is 5.73 Å². The zero-order valence-electron chi connectivity index (χ0n) is 8.88. The molecule has 0 amide bonds. The van der Waals surface area contributed by atoms with Gasteiger partial charge in [0, 0.05) is 17.4 Å². The fourth-order valence-corrected chi connectivity index (χ4v) is 1.61. The lowest BCUT2D eigenvalue weighted by atomic mass is 10.1. The number of halogens is 3. The number of nitrogens with two attached hydrogens (primary N) is 1. The van der Waals surface area contributed by atoms with Crippen LogP contribution in [0.5, 0.6) is 0 Å². The molecule has 0 fully saturated rings. The van der Waals surface area contributed by atoms with Crippen LogP contribution in [0.25, 0.3) is 17.0 Å². The number of hydrogen-bond acceptors (Lipinski definition) is 1. The Morgan fingerprint density at radius 1 is 1.24 bits per heavy atom. The van der Waals surface area contributed by atoms with Crippen molar-refractivity contribution in [3.8, 4) is 0 Å². The molecule has 0 saturated carbocycles. The van der Waals surface area contributed by atoms with Crippen LogP contribution in [-0.4, -0.2) is 11.5 Å². The summed E-state index contributed by atoms with van der Waals surface area (Å²) in [7, 11) is 0. The predicted molar refractivity (Wildman–Crippen MR) is 61.4 cm³/mol. The number of H-pyrrole nitrogens is 1. The van der Waals surface area contributed by atoms with Crippen LogP contribution >= 0.6 is 0 Å². The summed E-state index contributed by atoms with van der Waals surface area (Å²) in [5.74, 6) is 0. The number of alkyl halides is 3. The van der Waals surface area contributed by atoms with Gasteiger partial charge in [-0.15, -0.1) is 0 Å². The molecule has 0 atom stereocenters. The summed E-state index contributed by atoms with van der Waals surface area (Å²) < 4.78 is 37.4. The van der Waals surface area contributed by atoms with Crippen LogP contribution < -0.4 is 5.73 Å². The van der Waals surface area contributed by atoms with E-state index in [0.29, 0.717) is 17.4 Å². The molecule has 90 valence electrons. The Labute approximate surface area is 95.9 Å². The van der Waals surface area contributed by atoms with Crippen LogP contribution in [0.1, 0.15) is 11.3 Å². The molecule has 0 bridgehead atoms. The van der Waals surface area contributed by atoms with Crippen LogP contribution in [-0.2, 0) is 6.18 Å². The van der Waals surface area contributed by atoms with Crippen molar-refractivity contribution in [3.05, 3.63) is 41.6 Å². The number of aromatic nitrogens is 1. The van der Waals surface area contributed by atoms with Gasteiger partial charge in [-0.2, -0.15) is 13.2 Å². The molecule has 0 radical (unpaired) electrons. The Morgan fingerprint density at radius 2 is 2.00 bits per heavy atom. The van der Waals surface area contributed by atoms with Crippen LogP contribution in [0, 0.1) is 0 Å². The molecule has 1 aromatic heterocycles. The number of fused-ring (bicyclic) bond motifs is 1. The van der Waals surface area contributed by atoms with Gasteiger partial charge in [0.25, 0.3) is 0 Å². The van der Waals surface area contributed by atoms with Gasteiger partial charge in [-0.1, -0.05) is 18.2 Å².